The fourth-order valence-electron chi connectivity index (χ4n) is 6.28. The molecule has 1 amide bonds. The molecule has 0 radical (unpaired) electrons. The molecule has 1 saturated carbocycles. The van der Waals surface area contributed by atoms with Crippen LogP contribution in [0.5, 0.6) is 0 Å². The number of piperidine rings is 1. The van der Waals surface area contributed by atoms with Crippen LogP contribution in [0.4, 0.5) is 0 Å². The monoisotopic (exact) mass is 440 g/mol. The number of pyridine rings is 1. The smallest absolute Gasteiger partial charge is 0.251 e. The Bertz CT molecular complexity index is 1170. The topological polar surface area (TPSA) is 42.4 Å². The fraction of sp³-hybridized carbons (Fsp3) is 0.448. The van der Waals surface area contributed by atoms with Crippen LogP contribution in [0, 0.1) is 12.8 Å². The van der Waals surface area contributed by atoms with Crippen molar-refractivity contribution in [3.8, 4) is 11.1 Å². The van der Waals surface area contributed by atoms with Gasteiger partial charge in [-0.15, -0.1) is 0 Å². The number of likely N-dealkylation sites (tertiary alicyclic amines) is 1. The number of carbonyl (C=O) groups excluding carboxylic acids is 1. The summed E-state index contributed by atoms with van der Waals surface area (Å²) in [5, 5.41) is 1.19. The van der Waals surface area contributed by atoms with Gasteiger partial charge in [0.2, 0.25) is 0 Å². The quantitative estimate of drug-likeness (QED) is 0.526. The Hall–Kier alpha value is -2.72. The van der Waals surface area contributed by atoms with Crippen molar-refractivity contribution < 1.29 is 9.53 Å². The first-order valence-electron chi connectivity index (χ1n) is 12.5. The van der Waals surface area contributed by atoms with Gasteiger partial charge in [-0.05, 0) is 85.1 Å². The Morgan fingerprint density at radius 2 is 1.82 bits per heavy atom. The lowest BCUT2D eigenvalue weighted by atomic mass is 9.76. The van der Waals surface area contributed by atoms with Crippen molar-refractivity contribution in [1.29, 1.82) is 0 Å². The Labute approximate surface area is 196 Å². The molecule has 0 bridgehead atoms. The SMILES string of the molecule is Cc1c(-c2ccc(C3(C4CCN(C(=O)C5CCCO5)CC4)CC3)cc2)ccc2cccnc12. The maximum absolute atomic E-state index is 12.7. The van der Waals surface area contributed by atoms with Crippen molar-refractivity contribution in [1.82, 2.24) is 9.88 Å². The van der Waals surface area contributed by atoms with Crippen molar-refractivity contribution in [2.24, 2.45) is 5.92 Å². The molecule has 1 unspecified atom stereocenters. The lowest BCUT2D eigenvalue weighted by molar-refractivity contribution is -0.142. The molecule has 33 heavy (non-hydrogen) atoms. The van der Waals surface area contributed by atoms with Crippen LogP contribution in [-0.2, 0) is 14.9 Å². The number of amides is 1. The first-order valence-corrected chi connectivity index (χ1v) is 12.5. The summed E-state index contributed by atoms with van der Waals surface area (Å²) in [6.07, 6.45) is 8.36. The van der Waals surface area contributed by atoms with Crippen LogP contribution in [0.15, 0.2) is 54.7 Å². The van der Waals surface area contributed by atoms with Crippen molar-refractivity contribution >= 4 is 16.8 Å². The van der Waals surface area contributed by atoms with E-state index >= 15 is 0 Å². The van der Waals surface area contributed by atoms with E-state index in [0.717, 1.165) is 50.9 Å². The molecule has 0 N–H and O–H groups in total. The van der Waals surface area contributed by atoms with Gasteiger partial charge in [0.05, 0.1) is 5.52 Å². The van der Waals surface area contributed by atoms with Crippen molar-refractivity contribution in [2.75, 3.05) is 19.7 Å². The van der Waals surface area contributed by atoms with Crippen LogP contribution in [0.3, 0.4) is 0 Å². The highest BCUT2D eigenvalue weighted by Gasteiger charge is 2.51. The second-order valence-electron chi connectivity index (χ2n) is 10.1. The number of aryl methyl sites for hydroxylation is 1. The highest BCUT2D eigenvalue weighted by Crippen LogP contribution is 2.57. The van der Waals surface area contributed by atoms with Gasteiger partial charge in [0.1, 0.15) is 6.10 Å². The highest BCUT2D eigenvalue weighted by atomic mass is 16.5. The van der Waals surface area contributed by atoms with Crippen molar-refractivity contribution in [3.05, 3.63) is 65.9 Å². The summed E-state index contributed by atoms with van der Waals surface area (Å²) in [5.41, 5.74) is 6.64. The lowest BCUT2D eigenvalue weighted by Crippen LogP contribution is -2.45. The van der Waals surface area contributed by atoms with Gasteiger partial charge < -0.3 is 9.64 Å². The molecule has 4 nitrogen and oxygen atoms in total. The summed E-state index contributed by atoms with van der Waals surface area (Å²) in [6.45, 7) is 4.67. The molecular formula is C29H32N2O2. The third kappa shape index (κ3) is 3.65. The number of hydrogen-bond acceptors (Lipinski definition) is 3. The van der Waals surface area contributed by atoms with Crippen molar-refractivity contribution in [3.63, 3.8) is 0 Å². The summed E-state index contributed by atoms with van der Waals surface area (Å²) >= 11 is 0. The Morgan fingerprint density at radius 3 is 2.52 bits per heavy atom. The van der Waals surface area contributed by atoms with Gasteiger partial charge in [-0.25, -0.2) is 0 Å². The number of fused-ring (bicyclic) bond motifs is 1. The van der Waals surface area contributed by atoms with Crippen molar-refractivity contribution in [2.45, 2.75) is 57.0 Å². The van der Waals surface area contributed by atoms with E-state index in [-0.39, 0.29) is 12.0 Å². The Kier molecular flexibility index (Phi) is 5.21. The number of rotatable bonds is 4. The number of ether oxygens (including phenoxy) is 1. The normalized spacial score (nSPS) is 22.6. The minimum Gasteiger partial charge on any atom is -0.368 e. The Morgan fingerprint density at radius 1 is 1.03 bits per heavy atom. The zero-order valence-corrected chi connectivity index (χ0v) is 19.4. The van der Waals surface area contributed by atoms with Crippen LogP contribution in [0.1, 0.15) is 49.7 Å². The molecule has 1 aromatic heterocycles. The molecule has 2 aromatic carbocycles. The molecule has 4 heteroatoms. The highest BCUT2D eigenvalue weighted by molar-refractivity contribution is 5.88. The number of carbonyl (C=O) groups is 1. The third-order valence-electron chi connectivity index (χ3n) is 8.38. The molecule has 2 saturated heterocycles. The van der Waals surface area contributed by atoms with Crippen LogP contribution in [0.2, 0.25) is 0 Å². The van der Waals surface area contributed by atoms with Gasteiger partial charge in [0, 0.05) is 31.3 Å². The van der Waals surface area contributed by atoms with E-state index in [2.05, 4.69) is 59.3 Å². The predicted molar refractivity (Wildman–Crippen MR) is 131 cm³/mol. The molecule has 2 aliphatic heterocycles. The first kappa shape index (κ1) is 20.9. The average Bonchev–Trinajstić information content (AvgIpc) is 3.50. The van der Waals surface area contributed by atoms with E-state index in [4.69, 9.17) is 4.74 Å². The molecule has 3 fully saturated rings. The van der Waals surface area contributed by atoms with E-state index in [1.807, 2.05) is 12.3 Å². The molecule has 3 aliphatic rings. The second kappa shape index (κ2) is 8.25. The molecule has 1 aliphatic carbocycles. The standard InChI is InChI=1S/C29H32N2O2/c1-20-25(11-8-22-4-2-16-30-27(20)22)21-6-9-23(10-7-21)29(14-15-29)24-12-17-31(18-13-24)28(32)26-5-3-19-33-26/h2,4,6-11,16,24,26H,3,5,12-15,17-19H2,1H3. The number of nitrogens with zero attached hydrogens (tertiary/aromatic N) is 2. The van der Waals surface area contributed by atoms with E-state index in [9.17, 15) is 4.79 Å². The number of aromatic nitrogens is 1. The third-order valence-corrected chi connectivity index (χ3v) is 8.38. The van der Waals surface area contributed by atoms with E-state index < -0.39 is 0 Å². The van der Waals surface area contributed by atoms with Crippen LogP contribution < -0.4 is 0 Å². The maximum atomic E-state index is 12.7. The molecule has 3 aromatic rings. The first-order chi connectivity index (χ1) is 16.2. The summed E-state index contributed by atoms with van der Waals surface area (Å²) in [7, 11) is 0. The largest absolute Gasteiger partial charge is 0.368 e. The molecular weight excluding hydrogens is 408 g/mol. The zero-order valence-electron chi connectivity index (χ0n) is 19.4. The molecule has 1 atom stereocenters. The minimum absolute atomic E-state index is 0.183. The van der Waals surface area contributed by atoms with E-state index in [0.29, 0.717) is 11.3 Å². The van der Waals surface area contributed by atoms with E-state index in [1.54, 1.807) is 0 Å². The van der Waals surface area contributed by atoms with Gasteiger partial charge in [0.25, 0.3) is 5.91 Å². The molecule has 0 spiro atoms. The second-order valence-corrected chi connectivity index (χ2v) is 10.1. The summed E-state index contributed by atoms with van der Waals surface area (Å²) < 4.78 is 5.63. The summed E-state index contributed by atoms with van der Waals surface area (Å²) in [5.74, 6) is 0.892. The molecule has 3 heterocycles. The van der Waals surface area contributed by atoms with Gasteiger partial charge in [-0.2, -0.15) is 0 Å². The minimum atomic E-state index is -0.183. The maximum Gasteiger partial charge on any atom is 0.251 e. The van der Waals surface area contributed by atoms with Crippen LogP contribution in [0.25, 0.3) is 22.0 Å². The average molecular weight is 441 g/mol. The van der Waals surface area contributed by atoms with Gasteiger partial charge in [-0.3, -0.25) is 9.78 Å². The van der Waals surface area contributed by atoms with Gasteiger partial charge in [0.15, 0.2) is 0 Å². The zero-order chi connectivity index (χ0) is 22.4. The summed E-state index contributed by atoms with van der Waals surface area (Å²) in [4.78, 5) is 19.4. The molecule has 6 rings (SSSR count). The van der Waals surface area contributed by atoms with E-state index in [1.165, 1.54) is 40.5 Å². The fourth-order valence-corrected chi connectivity index (χ4v) is 6.28. The van der Waals surface area contributed by atoms with Crippen LogP contribution >= 0.6 is 0 Å². The van der Waals surface area contributed by atoms with Gasteiger partial charge in [-0.1, -0.05) is 42.5 Å². The predicted octanol–water partition coefficient (Wildman–Crippen LogP) is 5.66. The van der Waals surface area contributed by atoms with Gasteiger partial charge >= 0.3 is 0 Å². The Balaban J connectivity index is 1.17. The number of hydrogen-bond donors (Lipinski definition) is 0. The van der Waals surface area contributed by atoms with Crippen LogP contribution in [-0.4, -0.2) is 41.6 Å². The lowest BCUT2D eigenvalue weighted by Gasteiger charge is -2.37. The molecule has 170 valence electrons. The number of benzene rings is 2. The summed E-state index contributed by atoms with van der Waals surface area (Å²) in [6, 6.07) is 17.8.